The quantitative estimate of drug-likeness (QED) is 0.755. The van der Waals surface area contributed by atoms with Crippen molar-refractivity contribution in [1.29, 1.82) is 0 Å². The van der Waals surface area contributed by atoms with Crippen LogP contribution in [0.2, 0.25) is 0 Å². The highest BCUT2D eigenvalue weighted by molar-refractivity contribution is 6.01. The number of aromatic carboxylic acids is 1. The minimum Gasteiger partial charge on any atom is -0.478 e. The summed E-state index contributed by atoms with van der Waals surface area (Å²) in [6.07, 6.45) is 0. The maximum absolute atomic E-state index is 12.0. The highest BCUT2D eigenvalue weighted by Crippen LogP contribution is 2.18. The molecule has 21 heavy (non-hydrogen) atoms. The van der Waals surface area contributed by atoms with Crippen molar-refractivity contribution in [2.24, 2.45) is 0 Å². The molecular formula is C14H19N3O4. The Morgan fingerprint density at radius 2 is 1.86 bits per heavy atom. The third-order valence-corrected chi connectivity index (χ3v) is 2.65. The molecule has 0 atom stereocenters. The standard InChI is InChI=1S/C14H19N3O4/c1-9(2)16-12(18)8-15-14(21)17(3)11-7-5-4-6-10(11)13(19)20/h4-7,9H,8H2,1-3H3,(H,15,21)(H,16,18)(H,19,20). The molecule has 114 valence electrons. The van der Waals surface area contributed by atoms with Crippen LogP contribution in [0.3, 0.4) is 0 Å². The number of rotatable bonds is 5. The summed E-state index contributed by atoms with van der Waals surface area (Å²) in [6.45, 7) is 3.46. The van der Waals surface area contributed by atoms with Crippen molar-refractivity contribution in [3.8, 4) is 0 Å². The first-order chi connectivity index (χ1) is 9.82. The van der Waals surface area contributed by atoms with Gasteiger partial charge in [-0.15, -0.1) is 0 Å². The minimum absolute atomic E-state index is 0.0140. The minimum atomic E-state index is -1.12. The number of carbonyl (C=O) groups is 3. The number of hydrogen-bond donors (Lipinski definition) is 3. The van der Waals surface area contributed by atoms with E-state index in [2.05, 4.69) is 10.6 Å². The number of carboxylic acid groups (broad SMARTS) is 1. The van der Waals surface area contributed by atoms with Crippen molar-refractivity contribution in [2.75, 3.05) is 18.5 Å². The van der Waals surface area contributed by atoms with E-state index in [-0.39, 0.29) is 29.7 Å². The van der Waals surface area contributed by atoms with E-state index in [4.69, 9.17) is 5.11 Å². The van der Waals surface area contributed by atoms with Crippen LogP contribution in [0.4, 0.5) is 10.5 Å². The van der Waals surface area contributed by atoms with Gasteiger partial charge in [0.2, 0.25) is 5.91 Å². The molecule has 0 fully saturated rings. The van der Waals surface area contributed by atoms with Crippen molar-refractivity contribution in [3.05, 3.63) is 29.8 Å². The second-order valence-corrected chi connectivity index (χ2v) is 4.76. The Balaban J connectivity index is 2.71. The average molecular weight is 293 g/mol. The molecule has 0 unspecified atom stereocenters. The van der Waals surface area contributed by atoms with Crippen LogP contribution in [0, 0.1) is 0 Å². The Hall–Kier alpha value is -2.57. The number of urea groups is 1. The van der Waals surface area contributed by atoms with Gasteiger partial charge < -0.3 is 15.7 Å². The van der Waals surface area contributed by atoms with E-state index in [1.54, 1.807) is 12.1 Å². The lowest BCUT2D eigenvalue weighted by Crippen LogP contribution is -2.44. The lowest BCUT2D eigenvalue weighted by Gasteiger charge is -2.20. The second kappa shape index (κ2) is 7.28. The molecular weight excluding hydrogens is 274 g/mol. The maximum atomic E-state index is 12.0. The second-order valence-electron chi connectivity index (χ2n) is 4.76. The third-order valence-electron chi connectivity index (χ3n) is 2.65. The predicted molar refractivity (Wildman–Crippen MR) is 78.5 cm³/mol. The van der Waals surface area contributed by atoms with Crippen LogP contribution in [0.1, 0.15) is 24.2 Å². The molecule has 1 aromatic carbocycles. The highest BCUT2D eigenvalue weighted by atomic mass is 16.4. The molecule has 3 N–H and O–H groups in total. The van der Waals surface area contributed by atoms with Crippen LogP contribution in [-0.4, -0.2) is 42.6 Å². The zero-order chi connectivity index (χ0) is 16.0. The van der Waals surface area contributed by atoms with Gasteiger partial charge in [-0.05, 0) is 26.0 Å². The molecule has 0 aromatic heterocycles. The van der Waals surface area contributed by atoms with Crippen molar-refractivity contribution < 1.29 is 19.5 Å². The number of carbonyl (C=O) groups excluding carboxylic acids is 2. The van der Waals surface area contributed by atoms with E-state index < -0.39 is 12.0 Å². The summed E-state index contributed by atoms with van der Waals surface area (Å²) < 4.78 is 0. The molecule has 7 nitrogen and oxygen atoms in total. The number of nitrogens with zero attached hydrogens (tertiary/aromatic N) is 1. The van der Waals surface area contributed by atoms with E-state index >= 15 is 0 Å². The predicted octanol–water partition coefficient (Wildman–Crippen LogP) is 1.06. The molecule has 3 amide bonds. The summed E-state index contributed by atoms with van der Waals surface area (Å²) in [6, 6.07) is 5.58. The topological polar surface area (TPSA) is 98.7 Å². The molecule has 0 saturated heterocycles. The Labute approximate surface area is 122 Å². The van der Waals surface area contributed by atoms with Crippen molar-refractivity contribution in [3.63, 3.8) is 0 Å². The van der Waals surface area contributed by atoms with Gasteiger partial charge in [0.05, 0.1) is 17.8 Å². The highest BCUT2D eigenvalue weighted by Gasteiger charge is 2.18. The molecule has 7 heteroatoms. The lowest BCUT2D eigenvalue weighted by atomic mass is 10.1. The molecule has 0 spiro atoms. The molecule has 0 bridgehead atoms. The normalized spacial score (nSPS) is 10.1. The van der Waals surface area contributed by atoms with E-state index in [0.29, 0.717) is 0 Å². The Morgan fingerprint density at radius 3 is 2.43 bits per heavy atom. The Bertz CT molecular complexity index is 543. The van der Waals surface area contributed by atoms with Gasteiger partial charge in [-0.2, -0.15) is 0 Å². The summed E-state index contributed by atoms with van der Waals surface area (Å²) in [4.78, 5) is 35.7. The third kappa shape index (κ3) is 4.79. The fourth-order valence-corrected chi connectivity index (χ4v) is 1.70. The number of carboxylic acids is 1. The zero-order valence-corrected chi connectivity index (χ0v) is 12.2. The zero-order valence-electron chi connectivity index (χ0n) is 12.2. The molecule has 1 aromatic rings. The van der Waals surface area contributed by atoms with Crippen LogP contribution in [0.15, 0.2) is 24.3 Å². The van der Waals surface area contributed by atoms with E-state index in [0.717, 1.165) is 4.90 Å². The van der Waals surface area contributed by atoms with Gasteiger partial charge in [0.25, 0.3) is 0 Å². The number of nitrogens with one attached hydrogen (secondary N) is 2. The molecule has 0 saturated carbocycles. The molecule has 0 heterocycles. The fourth-order valence-electron chi connectivity index (χ4n) is 1.70. The van der Waals surface area contributed by atoms with Crippen molar-refractivity contribution in [2.45, 2.75) is 19.9 Å². The van der Waals surface area contributed by atoms with E-state index in [9.17, 15) is 14.4 Å². The van der Waals surface area contributed by atoms with Crippen molar-refractivity contribution >= 4 is 23.6 Å². The first-order valence-electron chi connectivity index (χ1n) is 6.46. The van der Waals surface area contributed by atoms with Crippen molar-refractivity contribution in [1.82, 2.24) is 10.6 Å². The molecule has 0 aliphatic heterocycles. The number of anilines is 1. The van der Waals surface area contributed by atoms with E-state index in [1.165, 1.54) is 19.2 Å². The summed E-state index contributed by atoms with van der Waals surface area (Å²) in [5.74, 6) is -1.43. The fraction of sp³-hybridized carbons (Fsp3) is 0.357. The maximum Gasteiger partial charge on any atom is 0.337 e. The summed E-state index contributed by atoms with van der Waals surface area (Å²) in [7, 11) is 1.44. The van der Waals surface area contributed by atoms with Gasteiger partial charge in [0, 0.05) is 13.1 Å². The first-order valence-corrected chi connectivity index (χ1v) is 6.46. The number of amides is 3. The SMILES string of the molecule is CC(C)NC(=O)CNC(=O)N(C)c1ccccc1C(=O)O. The summed E-state index contributed by atoms with van der Waals surface area (Å²) in [5, 5.41) is 14.2. The number of benzene rings is 1. The molecule has 0 radical (unpaired) electrons. The van der Waals surface area contributed by atoms with Gasteiger partial charge in [-0.1, -0.05) is 12.1 Å². The molecule has 0 aliphatic rings. The van der Waals surface area contributed by atoms with Gasteiger partial charge in [-0.25, -0.2) is 9.59 Å². The van der Waals surface area contributed by atoms with Gasteiger partial charge >= 0.3 is 12.0 Å². The van der Waals surface area contributed by atoms with Crippen LogP contribution in [0.5, 0.6) is 0 Å². The smallest absolute Gasteiger partial charge is 0.337 e. The molecule has 0 aliphatic carbocycles. The van der Waals surface area contributed by atoms with Crippen LogP contribution in [0.25, 0.3) is 0 Å². The van der Waals surface area contributed by atoms with Gasteiger partial charge in [0.1, 0.15) is 0 Å². The monoisotopic (exact) mass is 293 g/mol. The van der Waals surface area contributed by atoms with Gasteiger partial charge in [-0.3, -0.25) is 9.69 Å². The van der Waals surface area contributed by atoms with Crippen LogP contribution in [-0.2, 0) is 4.79 Å². The summed E-state index contributed by atoms with van der Waals surface area (Å²) in [5.41, 5.74) is 0.272. The molecule has 1 rings (SSSR count). The van der Waals surface area contributed by atoms with Crippen LogP contribution >= 0.6 is 0 Å². The number of para-hydroxylation sites is 1. The Morgan fingerprint density at radius 1 is 1.24 bits per heavy atom. The van der Waals surface area contributed by atoms with Gasteiger partial charge in [0.15, 0.2) is 0 Å². The number of hydrogen-bond acceptors (Lipinski definition) is 3. The first kappa shape index (κ1) is 16.5. The Kier molecular flexibility index (Phi) is 5.71. The lowest BCUT2D eigenvalue weighted by molar-refractivity contribution is -0.120. The average Bonchev–Trinajstić information content (AvgIpc) is 2.43. The van der Waals surface area contributed by atoms with E-state index in [1.807, 2.05) is 13.8 Å². The van der Waals surface area contributed by atoms with Crippen LogP contribution < -0.4 is 15.5 Å². The summed E-state index contributed by atoms with van der Waals surface area (Å²) >= 11 is 0. The largest absolute Gasteiger partial charge is 0.478 e.